The maximum atomic E-state index is 6.39. The second-order valence-electron chi connectivity index (χ2n) is 4.70. The lowest BCUT2D eigenvalue weighted by Crippen LogP contribution is -2.11. The molecule has 3 nitrogen and oxygen atoms in total. The molecular weight excluding hydrogens is 266 g/mol. The minimum absolute atomic E-state index is 0.0950. The Kier molecular flexibility index (Phi) is 3.67. The summed E-state index contributed by atoms with van der Waals surface area (Å²) in [6, 6.07) is 12.1. The van der Waals surface area contributed by atoms with E-state index in [0.717, 1.165) is 17.7 Å². The summed E-state index contributed by atoms with van der Waals surface area (Å²) >= 11 is 1.72. The van der Waals surface area contributed by atoms with E-state index in [0.29, 0.717) is 0 Å². The van der Waals surface area contributed by atoms with Crippen LogP contribution in [0.5, 0.6) is 0 Å². The molecule has 0 bridgehead atoms. The normalized spacial score (nSPS) is 12.5. The second kappa shape index (κ2) is 5.61. The molecule has 0 fully saturated rings. The van der Waals surface area contributed by atoms with E-state index in [9.17, 15) is 0 Å². The van der Waals surface area contributed by atoms with Crippen LogP contribution in [0.3, 0.4) is 0 Å². The van der Waals surface area contributed by atoms with E-state index in [-0.39, 0.29) is 6.04 Å². The number of hydrogen-bond acceptors (Lipinski definition) is 3. The molecule has 1 atom stereocenters. The molecule has 0 aliphatic heterocycles. The second-order valence-corrected chi connectivity index (χ2v) is 5.64. The highest BCUT2D eigenvalue weighted by atomic mass is 32.1. The summed E-state index contributed by atoms with van der Waals surface area (Å²) in [6.45, 7) is 2.16. The number of aromatic nitrogens is 2. The number of para-hydroxylation sites is 1. The number of nitrogens with zero attached hydrogens (tertiary/aromatic N) is 2. The van der Waals surface area contributed by atoms with Crippen molar-refractivity contribution in [2.45, 2.75) is 19.4 Å². The third-order valence-corrected chi connectivity index (χ3v) is 4.47. The van der Waals surface area contributed by atoms with Gasteiger partial charge in [0.15, 0.2) is 0 Å². The molecule has 0 radical (unpaired) electrons. The lowest BCUT2D eigenvalue weighted by molar-refractivity contribution is 0.863. The van der Waals surface area contributed by atoms with Crippen molar-refractivity contribution in [2.75, 3.05) is 0 Å². The zero-order chi connectivity index (χ0) is 13.9. The molecule has 0 amide bonds. The van der Waals surface area contributed by atoms with Crippen molar-refractivity contribution in [3.05, 3.63) is 70.2 Å². The molecule has 1 aromatic carbocycles. The third-order valence-electron chi connectivity index (χ3n) is 3.43. The van der Waals surface area contributed by atoms with E-state index < -0.39 is 0 Å². The van der Waals surface area contributed by atoms with E-state index in [1.54, 1.807) is 11.3 Å². The van der Waals surface area contributed by atoms with E-state index in [2.05, 4.69) is 23.5 Å². The van der Waals surface area contributed by atoms with Crippen LogP contribution in [0.1, 0.15) is 29.0 Å². The lowest BCUT2D eigenvalue weighted by Gasteiger charge is -2.09. The van der Waals surface area contributed by atoms with Crippen molar-refractivity contribution in [1.82, 2.24) is 9.78 Å². The molecule has 102 valence electrons. The summed E-state index contributed by atoms with van der Waals surface area (Å²) in [6.07, 6.45) is 4.88. The van der Waals surface area contributed by atoms with Crippen LogP contribution in [0, 0.1) is 0 Å². The Labute approximate surface area is 122 Å². The topological polar surface area (TPSA) is 43.8 Å². The Balaban J connectivity index is 1.91. The first-order valence-electron chi connectivity index (χ1n) is 6.71. The summed E-state index contributed by atoms with van der Waals surface area (Å²) in [5.41, 5.74) is 9.81. The van der Waals surface area contributed by atoms with Gasteiger partial charge in [0.25, 0.3) is 0 Å². The van der Waals surface area contributed by atoms with Gasteiger partial charge in [-0.1, -0.05) is 25.1 Å². The SMILES string of the molecule is CCc1ccsc1C(N)c1cnn(-c2ccccc2)c1. The van der Waals surface area contributed by atoms with Crippen molar-refractivity contribution < 1.29 is 0 Å². The molecule has 3 rings (SSSR count). The van der Waals surface area contributed by atoms with Crippen molar-refractivity contribution in [3.63, 3.8) is 0 Å². The monoisotopic (exact) mass is 283 g/mol. The van der Waals surface area contributed by atoms with Gasteiger partial charge in [-0.25, -0.2) is 4.68 Å². The van der Waals surface area contributed by atoms with Crippen LogP contribution in [0.15, 0.2) is 54.2 Å². The molecule has 2 heterocycles. The number of benzene rings is 1. The van der Waals surface area contributed by atoms with Gasteiger partial charge < -0.3 is 5.73 Å². The van der Waals surface area contributed by atoms with Gasteiger partial charge in [0, 0.05) is 16.6 Å². The standard InChI is InChI=1S/C16H17N3S/c1-2-12-8-9-20-16(12)15(17)13-10-18-19(11-13)14-6-4-3-5-7-14/h3-11,15H,2,17H2,1H3. The molecule has 0 saturated carbocycles. The van der Waals surface area contributed by atoms with Crippen LogP contribution >= 0.6 is 11.3 Å². The number of rotatable bonds is 4. The number of nitrogens with two attached hydrogens (primary N) is 1. The van der Waals surface area contributed by atoms with Gasteiger partial charge in [-0.3, -0.25) is 0 Å². The Morgan fingerprint density at radius 3 is 2.80 bits per heavy atom. The fourth-order valence-corrected chi connectivity index (χ4v) is 3.31. The average molecular weight is 283 g/mol. The molecule has 0 spiro atoms. The van der Waals surface area contributed by atoms with Crippen LogP contribution in [-0.2, 0) is 6.42 Å². The Morgan fingerprint density at radius 1 is 1.25 bits per heavy atom. The lowest BCUT2D eigenvalue weighted by atomic mass is 10.1. The van der Waals surface area contributed by atoms with Crippen molar-refractivity contribution in [3.8, 4) is 5.69 Å². The van der Waals surface area contributed by atoms with Crippen LogP contribution in [-0.4, -0.2) is 9.78 Å². The van der Waals surface area contributed by atoms with E-state index in [1.807, 2.05) is 47.4 Å². The number of hydrogen-bond donors (Lipinski definition) is 1. The summed E-state index contributed by atoms with van der Waals surface area (Å²) in [5.74, 6) is 0. The highest BCUT2D eigenvalue weighted by Crippen LogP contribution is 2.28. The molecular formula is C16H17N3S. The fourth-order valence-electron chi connectivity index (χ4n) is 2.28. The van der Waals surface area contributed by atoms with E-state index in [1.165, 1.54) is 10.4 Å². The van der Waals surface area contributed by atoms with Gasteiger partial charge in [-0.05, 0) is 35.6 Å². The maximum absolute atomic E-state index is 6.39. The summed E-state index contributed by atoms with van der Waals surface area (Å²) in [7, 11) is 0. The predicted octanol–water partition coefficient (Wildman–Crippen LogP) is 3.54. The Morgan fingerprint density at radius 2 is 2.05 bits per heavy atom. The van der Waals surface area contributed by atoms with Gasteiger partial charge in [-0.2, -0.15) is 5.10 Å². The Bertz CT molecular complexity index is 685. The van der Waals surface area contributed by atoms with E-state index in [4.69, 9.17) is 5.73 Å². The number of thiophene rings is 1. The van der Waals surface area contributed by atoms with Crippen molar-refractivity contribution in [2.24, 2.45) is 5.73 Å². The first kappa shape index (κ1) is 13.1. The molecule has 0 aliphatic rings. The third kappa shape index (κ3) is 2.40. The maximum Gasteiger partial charge on any atom is 0.0679 e. The minimum Gasteiger partial charge on any atom is -0.320 e. The molecule has 3 aromatic rings. The van der Waals surface area contributed by atoms with Crippen molar-refractivity contribution in [1.29, 1.82) is 0 Å². The van der Waals surface area contributed by atoms with Gasteiger partial charge in [0.2, 0.25) is 0 Å². The quantitative estimate of drug-likeness (QED) is 0.796. The van der Waals surface area contributed by atoms with Crippen LogP contribution in [0.25, 0.3) is 5.69 Å². The van der Waals surface area contributed by atoms with Gasteiger partial charge in [0.1, 0.15) is 0 Å². The molecule has 0 saturated heterocycles. The zero-order valence-corrected chi connectivity index (χ0v) is 12.2. The highest BCUT2D eigenvalue weighted by molar-refractivity contribution is 7.10. The summed E-state index contributed by atoms with van der Waals surface area (Å²) in [4.78, 5) is 1.24. The predicted molar refractivity (Wildman–Crippen MR) is 83.3 cm³/mol. The van der Waals surface area contributed by atoms with Gasteiger partial charge >= 0.3 is 0 Å². The summed E-state index contributed by atoms with van der Waals surface area (Å²) < 4.78 is 1.87. The summed E-state index contributed by atoms with van der Waals surface area (Å²) in [5, 5.41) is 6.52. The molecule has 2 N–H and O–H groups in total. The molecule has 20 heavy (non-hydrogen) atoms. The fraction of sp³-hybridized carbons (Fsp3) is 0.188. The van der Waals surface area contributed by atoms with Crippen molar-refractivity contribution >= 4 is 11.3 Å². The highest BCUT2D eigenvalue weighted by Gasteiger charge is 2.16. The first-order valence-corrected chi connectivity index (χ1v) is 7.59. The molecule has 4 heteroatoms. The van der Waals surface area contributed by atoms with Crippen LogP contribution in [0.2, 0.25) is 0 Å². The molecule has 2 aromatic heterocycles. The van der Waals surface area contributed by atoms with Gasteiger partial charge in [-0.15, -0.1) is 11.3 Å². The zero-order valence-electron chi connectivity index (χ0n) is 11.4. The number of aryl methyl sites for hydroxylation is 1. The first-order chi connectivity index (χ1) is 9.79. The molecule has 0 aliphatic carbocycles. The Hall–Kier alpha value is -1.91. The average Bonchev–Trinajstić information content (AvgIpc) is 3.16. The van der Waals surface area contributed by atoms with Crippen LogP contribution in [0.4, 0.5) is 0 Å². The molecule has 1 unspecified atom stereocenters. The van der Waals surface area contributed by atoms with Gasteiger partial charge in [0.05, 0.1) is 17.9 Å². The van der Waals surface area contributed by atoms with Crippen LogP contribution < -0.4 is 5.73 Å². The largest absolute Gasteiger partial charge is 0.320 e. The minimum atomic E-state index is -0.0950. The smallest absolute Gasteiger partial charge is 0.0679 e. The van der Waals surface area contributed by atoms with E-state index >= 15 is 0 Å².